The van der Waals surface area contributed by atoms with E-state index in [1.165, 1.54) is 17.1 Å². The molecule has 4 aromatic rings. The Hall–Kier alpha value is -3.51. The highest BCUT2D eigenvalue weighted by Gasteiger charge is 2.50. The maximum atomic E-state index is 15.7. The molecule has 8 nitrogen and oxygen atoms in total. The fourth-order valence-corrected chi connectivity index (χ4v) is 4.28. The standard InChI is InChI=1S/C22H20F4N6O2/c1-30-12-28-29-19(30)18(23)21(10-34-11-21)14-3-2-4-15(6-14)31-9-17-16(22(24,25)26)5-13(7-27)8-32(17)20(31)33/h2-6,8-9,12,18H,7,10-11,27H2,1H3/t18-/m1/s1. The van der Waals surface area contributed by atoms with Crippen LogP contribution in [0.15, 0.2) is 53.8 Å². The Bertz CT molecular complexity index is 1430. The molecular weight excluding hydrogens is 456 g/mol. The van der Waals surface area contributed by atoms with Gasteiger partial charge in [0.25, 0.3) is 0 Å². The first kappa shape index (κ1) is 22.3. The molecule has 1 aliphatic rings. The summed E-state index contributed by atoms with van der Waals surface area (Å²) >= 11 is 0. The van der Waals surface area contributed by atoms with Gasteiger partial charge in [0.2, 0.25) is 0 Å². The number of fused-ring (bicyclic) bond motifs is 1. The van der Waals surface area contributed by atoms with E-state index in [0.717, 1.165) is 21.2 Å². The number of pyridine rings is 1. The second-order valence-electron chi connectivity index (χ2n) is 8.36. The van der Waals surface area contributed by atoms with Crippen molar-refractivity contribution in [1.82, 2.24) is 23.7 Å². The second-order valence-corrected chi connectivity index (χ2v) is 8.36. The highest BCUT2D eigenvalue weighted by atomic mass is 19.4. The molecule has 4 heterocycles. The molecule has 1 aliphatic heterocycles. The van der Waals surface area contributed by atoms with E-state index in [0.29, 0.717) is 11.3 Å². The van der Waals surface area contributed by atoms with Crippen molar-refractivity contribution in [3.05, 3.63) is 82.1 Å². The molecule has 1 atom stereocenters. The van der Waals surface area contributed by atoms with E-state index in [-0.39, 0.29) is 36.7 Å². The molecule has 0 radical (unpaired) electrons. The number of aromatic nitrogens is 5. The van der Waals surface area contributed by atoms with Crippen molar-refractivity contribution in [2.75, 3.05) is 13.2 Å². The molecule has 5 rings (SSSR count). The van der Waals surface area contributed by atoms with Crippen LogP contribution >= 0.6 is 0 Å². The molecule has 1 aromatic carbocycles. The van der Waals surface area contributed by atoms with Crippen LogP contribution in [0.3, 0.4) is 0 Å². The van der Waals surface area contributed by atoms with Crippen LogP contribution in [-0.2, 0) is 29.9 Å². The number of benzene rings is 1. The van der Waals surface area contributed by atoms with Gasteiger partial charge in [0.1, 0.15) is 6.33 Å². The molecular formula is C22H20F4N6O2. The number of hydrogen-bond donors (Lipinski definition) is 1. The minimum absolute atomic E-state index is 0.0786. The molecule has 0 spiro atoms. The van der Waals surface area contributed by atoms with Crippen LogP contribution < -0.4 is 11.4 Å². The highest BCUT2D eigenvalue weighted by Crippen LogP contribution is 2.45. The Labute approximate surface area is 190 Å². The van der Waals surface area contributed by atoms with Crippen molar-refractivity contribution >= 4 is 5.52 Å². The van der Waals surface area contributed by atoms with Crippen LogP contribution in [0.4, 0.5) is 17.6 Å². The molecule has 1 saturated heterocycles. The fourth-order valence-electron chi connectivity index (χ4n) is 4.28. The molecule has 0 unspecified atom stereocenters. The maximum absolute atomic E-state index is 15.7. The lowest BCUT2D eigenvalue weighted by Crippen LogP contribution is -2.50. The third-order valence-electron chi connectivity index (χ3n) is 6.24. The van der Waals surface area contributed by atoms with E-state index >= 15 is 4.39 Å². The zero-order chi connectivity index (χ0) is 24.3. The number of hydrogen-bond acceptors (Lipinski definition) is 5. The van der Waals surface area contributed by atoms with Crippen molar-refractivity contribution in [2.45, 2.75) is 24.3 Å². The average Bonchev–Trinajstić information content (AvgIpc) is 3.35. The summed E-state index contributed by atoms with van der Waals surface area (Å²) in [5.74, 6) is 0.129. The molecule has 0 bridgehead atoms. The normalized spacial score (nSPS) is 16.5. The van der Waals surface area contributed by atoms with Gasteiger partial charge in [0.15, 0.2) is 12.0 Å². The lowest BCUT2D eigenvalue weighted by Gasteiger charge is -2.43. The number of ether oxygens (including phenoxy) is 1. The summed E-state index contributed by atoms with van der Waals surface area (Å²) in [6, 6.07) is 7.42. The summed E-state index contributed by atoms with van der Waals surface area (Å²) in [7, 11) is 1.63. The van der Waals surface area contributed by atoms with Crippen molar-refractivity contribution in [1.29, 1.82) is 0 Å². The maximum Gasteiger partial charge on any atom is 0.418 e. The van der Waals surface area contributed by atoms with Gasteiger partial charge < -0.3 is 15.0 Å². The summed E-state index contributed by atoms with van der Waals surface area (Å²) < 4.78 is 65.5. The van der Waals surface area contributed by atoms with E-state index in [1.807, 2.05) is 0 Å². The number of rotatable bonds is 5. The van der Waals surface area contributed by atoms with Crippen LogP contribution in [0.5, 0.6) is 0 Å². The van der Waals surface area contributed by atoms with Crippen molar-refractivity contribution in [3.8, 4) is 5.69 Å². The Morgan fingerprint density at radius 2 is 2.00 bits per heavy atom. The van der Waals surface area contributed by atoms with E-state index < -0.39 is 29.0 Å². The quantitative estimate of drug-likeness (QED) is 0.447. The lowest BCUT2D eigenvalue weighted by molar-refractivity contribution is -0.136. The Kier molecular flexibility index (Phi) is 5.10. The molecule has 178 valence electrons. The van der Waals surface area contributed by atoms with E-state index in [9.17, 15) is 18.0 Å². The van der Waals surface area contributed by atoms with Crippen molar-refractivity contribution < 1.29 is 22.3 Å². The number of aryl methyl sites for hydroxylation is 1. The number of alkyl halides is 4. The van der Waals surface area contributed by atoms with Gasteiger partial charge in [-0.15, -0.1) is 10.2 Å². The van der Waals surface area contributed by atoms with Gasteiger partial charge in [-0.25, -0.2) is 9.18 Å². The van der Waals surface area contributed by atoms with Gasteiger partial charge >= 0.3 is 11.9 Å². The summed E-state index contributed by atoms with van der Waals surface area (Å²) in [6.07, 6.45) is -2.41. The minimum Gasteiger partial charge on any atom is -0.379 e. The zero-order valence-electron chi connectivity index (χ0n) is 18.0. The first-order chi connectivity index (χ1) is 16.2. The predicted octanol–water partition coefficient (Wildman–Crippen LogP) is 2.68. The SMILES string of the molecule is Cn1cnnc1[C@@H](F)C1(c2cccc(-n3cc4c(C(F)(F)F)cc(CN)cn4c3=O)c2)COC1. The van der Waals surface area contributed by atoms with E-state index in [1.54, 1.807) is 31.3 Å². The molecule has 0 amide bonds. The molecule has 34 heavy (non-hydrogen) atoms. The van der Waals surface area contributed by atoms with Crippen LogP contribution in [0, 0.1) is 0 Å². The molecule has 0 aliphatic carbocycles. The number of imidazole rings is 1. The number of nitrogens with zero attached hydrogens (tertiary/aromatic N) is 5. The van der Waals surface area contributed by atoms with Gasteiger partial charge in [-0.2, -0.15) is 13.2 Å². The first-order valence-electron chi connectivity index (χ1n) is 10.4. The molecule has 2 N–H and O–H groups in total. The summed E-state index contributed by atoms with van der Waals surface area (Å²) in [5.41, 5.74) is 3.52. The molecule has 12 heteroatoms. The predicted molar refractivity (Wildman–Crippen MR) is 113 cm³/mol. The Morgan fingerprint density at radius 1 is 1.24 bits per heavy atom. The van der Waals surface area contributed by atoms with Crippen molar-refractivity contribution in [2.24, 2.45) is 12.8 Å². The first-order valence-corrected chi connectivity index (χ1v) is 10.4. The summed E-state index contributed by atoms with van der Waals surface area (Å²) in [6.45, 7) is -0.00101. The van der Waals surface area contributed by atoms with E-state index in [4.69, 9.17) is 10.5 Å². The third-order valence-corrected chi connectivity index (χ3v) is 6.24. The summed E-state index contributed by atoms with van der Waals surface area (Å²) in [4.78, 5) is 13.1. The highest BCUT2D eigenvalue weighted by molar-refractivity contribution is 5.58. The van der Waals surface area contributed by atoms with Gasteiger partial charge in [-0.05, 0) is 29.3 Å². The van der Waals surface area contributed by atoms with Gasteiger partial charge in [0, 0.05) is 26.0 Å². The number of nitrogens with two attached hydrogens (primary N) is 1. The average molecular weight is 476 g/mol. The smallest absolute Gasteiger partial charge is 0.379 e. The monoisotopic (exact) mass is 476 g/mol. The zero-order valence-corrected chi connectivity index (χ0v) is 18.0. The Morgan fingerprint density at radius 3 is 2.59 bits per heavy atom. The minimum atomic E-state index is -4.68. The molecule has 3 aromatic heterocycles. The number of halogens is 4. The van der Waals surface area contributed by atoms with Gasteiger partial charge in [-0.1, -0.05) is 12.1 Å². The van der Waals surface area contributed by atoms with Gasteiger partial charge in [-0.3, -0.25) is 8.97 Å². The third kappa shape index (κ3) is 3.32. The molecule has 0 saturated carbocycles. The lowest BCUT2D eigenvalue weighted by atomic mass is 9.74. The van der Waals surface area contributed by atoms with Crippen LogP contribution in [-0.4, -0.2) is 36.9 Å². The van der Waals surface area contributed by atoms with Crippen LogP contribution in [0.1, 0.15) is 28.7 Å². The van der Waals surface area contributed by atoms with Gasteiger partial charge in [0.05, 0.1) is 35.4 Å². The van der Waals surface area contributed by atoms with E-state index in [2.05, 4.69) is 10.2 Å². The topological polar surface area (TPSA) is 92.4 Å². The van der Waals surface area contributed by atoms with Crippen LogP contribution in [0.25, 0.3) is 11.2 Å². The molecule has 1 fully saturated rings. The second kappa shape index (κ2) is 7.77. The van der Waals surface area contributed by atoms with Crippen LogP contribution in [0.2, 0.25) is 0 Å². The Balaban J connectivity index is 1.64. The largest absolute Gasteiger partial charge is 0.418 e. The van der Waals surface area contributed by atoms with Crippen molar-refractivity contribution in [3.63, 3.8) is 0 Å². The summed E-state index contributed by atoms with van der Waals surface area (Å²) in [5, 5.41) is 7.60. The fraction of sp³-hybridized carbons (Fsp3) is 0.318.